The molecule has 3 nitrogen and oxygen atoms in total. The van der Waals surface area contributed by atoms with Crippen molar-refractivity contribution in [2.75, 3.05) is 0 Å². The molecule has 1 amide bonds. The van der Waals surface area contributed by atoms with E-state index in [1.54, 1.807) is 0 Å². The van der Waals surface area contributed by atoms with Crippen molar-refractivity contribution in [3.05, 3.63) is 48.0 Å². The number of benzene rings is 2. The summed E-state index contributed by atoms with van der Waals surface area (Å²) in [6.07, 6.45) is 0. The summed E-state index contributed by atoms with van der Waals surface area (Å²) in [6.45, 7) is 7.91. The summed E-state index contributed by atoms with van der Waals surface area (Å²) in [6, 6.07) is 13.7. The van der Waals surface area contributed by atoms with Gasteiger partial charge in [-0.3, -0.25) is 4.79 Å². The van der Waals surface area contributed by atoms with Crippen LogP contribution in [0, 0.1) is 5.41 Å². The SMILES string of the molecule is CC(NC(=O)[C@@H](N)C(C)(C)C)c1cccc2ccccc12.Cl. The van der Waals surface area contributed by atoms with Crippen molar-refractivity contribution in [1.82, 2.24) is 5.32 Å². The normalized spacial score (nSPS) is 14.0. The van der Waals surface area contributed by atoms with Gasteiger partial charge >= 0.3 is 0 Å². The van der Waals surface area contributed by atoms with E-state index in [1.165, 1.54) is 5.39 Å². The summed E-state index contributed by atoms with van der Waals surface area (Å²) in [5, 5.41) is 5.37. The number of hydrogen-bond donors (Lipinski definition) is 2. The van der Waals surface area contributed by atoms with Crippen molar-refractivity contribution < 1.29 is 4.79 Å². The van der Waals surface area contributed by atoms with Gasteiger partial charge in [0.1, 0.15) is 0 Å². The van der Waals surface area contributed by atoms with Gasteiger partial charge in [-0.2, -0.15) is 0 Å². The molecule has 0 bridgehead atoms. The molecule has 0 aliphatic carbocycles. The topological polar surface area (TPSA) is 55.1 Å². The highest BCUT2D eigenvalue weighted by molar-refractivity contribution is 5.87. The van der Waals surface area contributed by atoms with Gasteiger partial charge in [-0.15, -0.1) is 12.4 Å². The first kappa shape index (κ1) is 18.5. The lowest BCUT2D eigenvalue weighted by Gasteiger charge is -2.27. The minimum Gasteiger partial charge on any atom is -0.348 e. The molecule has 0 aliphatic heterocycles. The number of fused-ring (bicyclic) bond motifs is 1. The molecule has 2 aromatic rings. The quantitative estimate of drug-likeness (QED) is 0.903. The van der Waals surface area contributed by atoms with E-state index in [-0.39, 0.29) is 29.8 Å². The van der Waals surface area contributed by atoms with Crippen molar-refractivity contribution in [1.29, 1.82) is 0 Å². The van der Waals surface area contributed by atoms with Crippen LogP contribution in [0.25, 0.3) is 10.8 Å². The average Bonchev–Trinajstić information content (AvgIpc) is 2.44. The zero-order valence-corrected chi connectivity index (χ0v) is 14.4. The van der Waals surface area contributed by atoms with Crippen molar-refractivity contribution in [3.8, 4) is 0 Å². The molecule has 0 heterocycles. The maximum atomic E-state index is 12.3. The summed E-state index contributed by atoms with van der Waals surface area (Å²) < 4.78 is 0. The van der Waals surface area contributed by atoms with Gasteiger partial charge in [0.2, 0.25) is 5.91 Å². The van der Waals surface area contributed by atoms with Gasteiger partial charge in [0, 0.05) is 0 Å². The lowest BCUT2D eigenvalue weighted by Crippen LogP contribution is -2.49. The second-order valence-corrected chi connectivity index (χ2v) is 6.64. The largest absolute Gasteiger partial charge is 0.348 e. The highest BCUT2D eigenvalue weighted by Crippen LogP contribution is 2.25. The molecule has 2 rings (SSSR count). The third-order valence-corrected chi connectivity index (χ3v) is 3.86. The van der Waals surface area contributed by atoms with E-state index >= 15 is 0 Å². The minimum absolute atomic E-state index is 0. The molecular formula is C18H25ClN2O. The van der Waals surface area contributed by atoms with Crippen LogP contribution >= 0.6 is 12.4 Å². The fourth-order valence-corrected chi connectivity index (χ4v) is 2.40. The van der Waals surface area contributed by atoms with E-state index in [4.69, 9.17) is 5.73 Å². The van der Waals surface area contributed by atoms with Gasteiger partial charge in [-0.1, -0.05) is 63.2 Å². The predicted molar refractivity (Wildman–Crippen MR) is 95.2 cm³/mol. The van der Waals surface area contributed by atoms with Crippen LogP contribution in [0.5, 0.6) is 0 Å². The Balaban J connectivity index is 0.00000242. The third-order valence-electron chi connectivity index (χ3n) is 3.86. The number of nitrogens with two attached hydrogens (primary N) is 1. The molecule has 1 unspecified atom stereocenters. The summed E-state index contributed by atoms with van der Waals surface area (Å²) >= 11 is 0. The smallest absolute Gasteiger partial charge is 0.237 e. The van der Waals surface area contributed by atoms with E-state index < -0.39 is 6.04 Å². The number of rotatable bonds is 3. The number of carbonyl (C=O) groups excluding carboxylic acids is 1. The van der Waals surface area contributed by atoms with Crippen molar-refractivity contribution in [2.45, 2.75) is 39.8 Å². The Morgan fingerprint density at radius 2 is 1.68 bits per heavy atom. The van der Waals surface area contributed by atoms with Crippen LogP contribution in [0.15, 0.2) is 42.5 Å². The molecule has 0 aromatic heterocycles. The molecular weight excluding hydrogens is 296 g/mol. The second-order valence-electron chi connectivity index (χ2n) is 6.64. The number of halogens is 1. The molecule has 0 spiro atoms. The van der Waals surface area contributed by atoms with Crippen LogP contribution < -0.4 is 11.1 Å². The van der Waals surface area contributed by atoms with E-state index in [9.17, 15) is 4.79 Å². The monoisotopic (exact) mass is 320 g/mol. The molecule has 0 fully saturated rings. The number of carbonyl (C=O) groups is 1. The van der Waals surface area contributed by atoms with Gasteiger partial charge in [-0.05, 0) is 28.7 Å². The molecule has 0 saturated carbocycles. The molecule has 0 radical (unpaired) electrons. The molecule has 2 atom stereocenters. The molecule has 0 saturated heterocycles. The van der Waals surface area contributed by atoms with Crippen molar-refractivity contribution in [3.63, 3.8) is 0 Å². The van der Waals surface area contributed by atoms with Crippen LogP contribution in [-0.4, -0.2) is 11.9 Å². The van der Waals surface area contributed by atoms with Crippen LogP contribution in [-0.2, 0) is 4.79 Å². The number of amides is 1. The molecule has 22 heavy (non-hydrogen) atoms. The second kappa shape index (κ2) is 7.12. The summed E-state index contributed by atoms with van der Waals surface area (Å²) in [5.74, 6) is -0.108. The standard InChI is InChI=1S/C18H24N2O.ClH/c1-12(20-17(21)16(19)18(2,3)4)14-11-7-9-13-8-5-6-10-15(13)14;/h5-12,16H,19H2,1-4H3,(H,20,21);1H/t12?,16-;/m1./s1. The number of nitrogens with one attached hydrogen (secondary N) is 1. The number of hydrogen-bond acceptors (Lipinski definition) is 2. The van der Waals surface area contributed by atoms with Crippen molar-refractivity contribution >= 4 is 29.1 Å². The van der Waals surface area contributed by atoms with Gasteiger partial charge < -0.3 is 11.1 Å². The Labute approximate surface area is 138 Å². The highest BCUT2D eigenvalue weighted by atomic mass is 35.5. The zero-order valence-electron chi connectivity index (χ0n) is 13.6. The Morgan fingerprint density at radius 1 is 1.09 bits per heavy atom. The first-order valence-corrected chi connectivity index (χ1v) is 7.34. The van der Waals surface area contributed by atoms with Crippen LogP contribution in [0.1, 0.15) is 39.3 Å². The molecule has 120 valence electrons. The Kier molecular flexibility index (Phi) is 5.98. The molecule has 0 aliphatic rings. The summed E-state index contributed by atoms with van der Waals surface area (Å²) in [4.78, 5) is 12.3. The Bertz CT molecular complexity index is 644. The van der Waals surface area contributed by atoms with E-state index in [1.807, 2.05) is 45.9 Å². The maximum Gasteiger partial charge on any atom is 0.237 e. The lowest BCUT2D eigenvalue weighted by atomic mass is 9.86. The van der Waals surface area contributed by atoms with Crippen LogP contribution in [0.2, 0.25) is 0 Å². The van der Waals surface area contributed by atoms with Crippen LogP contribution in [0.3, 0.4) is 0 Å². The van der Waals surface area contributed by atoms with E-state index in [2.05, 4.69) is 29.6 Å². The fourth-order valence-electron chi connectivity index (χ4n) is 2.40. The van der Waals surface area contributed by atoms with Gasteiger partial charge in [0.25, 0.3) is 0 Å². The molecule has 3 N–H and O–H groups in total. The van der Waals surface area contributed by atoms with Crippen molar-refractivity contribution in [2.24, 2.45) is 11.1 Å². The maximum absolute atomic E-state index is 12.3. The molecule has 2 aromatic carbocycles. The summed E-state index contributed by atoms with van der Waals surface area (Å²) in [7, 11) is 0. The average molecular weight is 321 g/mol. The van der Waals surface area contributed by atoms with E-state index in [0.29, 0.717) is 0 Å². The Hall–Kier alpha value is -1.58. The first-order chi connectivity index (χ1) is 9.80. The fraction of sp³-hybridized carbons (Fsp3) is 0.389. The van der Waals surface area contributed by atoms with Gasteiger partial charge in [-0.25, -0.2) is 0 Å². The zero-order chi connectivity index (χ0) is 15.6. The highest BCUT2D eigenvalue weighted by Gasteiger charge is 2.28. The minimum atomic E-state index is -0.519. The third kappa shape index (κ3) is 3.99. The Morgan fingerprint density at radius 3 is 2.32 bits per heavy atom. The molecule has 4 heteroatoms. The first-order valence-electron chi connectivity index (χ1n) is 7.34. The van der Waals surface area contributed by atoms with Gasteiger partial charge in [0.05, 0.1) is 12.1 Å². The van der Waals surface area contributed by atoms with Crippen LogP contribution in [0.4, 0.5) is 0 Å². The predicted octanol–water partition coefficient (Wildman–Crippen LogP) is 3.81. The van der Waals surface area contributed by atoms with E-state index in [0.717, 1.165) is 10.9 Å². The van der Waals surface area contributed by atoms with Gasteiger partial charge in [0.15, 0.2) is 0 Å². The summed E-state index contributed by atoms with van der Waals surface area (Å²) in [5.41, 5.74) is 6.89. The lowest BCUT2D eigenvalue weighted by molar-refractivity contribution is -0.125.